The van der Waals surface area contributed by atoms with Gasteiger partial charge in [0.25, 0.3) is 11.8 Å². The second-order valence-electron chi connectivity index (χ2n) is 6.55. The Kier molecular flexibility index (Phi) is 10.2. The highest BCUT2D eigenvalue weighted by Crippen LogP contribution is 2.28. The number of amides is 2. The number of methoxy groups -OCH3 is 3. The molecular weight excluding hydrogens is 446 g/mol. The van der Waals surface area contributed by atoms with Crippen molar-refractivity contribution in [2.24, 2.45) is 5.10 Å². The van der Waals surface area contributed by atoms with Crippen LogP contribution in [-0.4, -0.2) is 65.1 Å². The zero-order valence-corrected chi connectivity index (χ0v) is 19.4. The predicted molar refractivity (Wildman–Crippen MR) is 123 cm³/mol. The lowest BCUT2D eigenvalue weighted by molar-refractivity contribution is -0.142. The van der Waals surface area contributed by atoms with Gasteiger partial charge >= 0.3 is 5.97 Å². The van der Waals surface area contributed by atoms with Crippen LogP contribution in [0.2, 0.25) is 0 Å². The van der Waals surface area contributed by atoms with Gasteiger partial charge in [-0.05, 0) is 48.9 Å². The largest absolute Gasteiger partial charge is 0.493 e. The molecule has 0 atom stereocenters. The molecule has 0 radical (unpaired) electrons. The van der Waals surface area contributed by atoms with E-state index < -0.39 is 17.8 Å². The lowest BCUT2D eigenvalue weighted by atomic mass is 10.2. The topological polar surface area (TPSA) is 134 Å². The molecule has 2 N–H and O–H groups in total. The number of nitrogens with zero attached hydrogens (tertiary/aromatic N) is 1. The fourth-order valence-electron chi connectivity index (χ4n) is 2.65. The van der Waals surface area contributed by atoms with Gasteiger partial charge < -0.3 is 29.0 Å². The average Bonchev–Trinajstić information content (AvgIpc) is 2.86. The molecule has 0 aliphatic heterocycles. The van der Waals surface area contributed by atoms with E-state index in [1.807, 2.05) is 0 Å². The molecular formula is C23H27N3O8. The molecule has 0 saturated carbocycles. The normalized spacial score (nSPS) is 10.4. The van der Waals surface area contributed by atoms with Gasteiger partial charge in [0.1, 0.15) is 0 Å². The maximum absolute atomic E-state index is 12.3. The smallest absolute Gasteiger partial charge is 0.343 e. The standard InChI is InChI=1S/C23H27N3O8/c1-5-33-20-10-15(6-8-18(20)34-14-22(28)32-4)12-25-26-21(27)13-24-23(29)16-7-9-17(30-2)19(11-16)31-3/h6-12H,5,13-14H2,1-4H3,(H,24,29)(H,26,27)/b25-12+. The third-order valence-corrected chi connectivity index (χ3v) is 4.30. The zero-order valence-electron chi connectivity index (χ0n) is 19.4. The third kappa shape index (κ3) is 7.69. The van der Waals surface area contributed by atoms with Crippen LogP contribution in [0.15, 0.2) is 41.5 Å². The lowest BCUT2D eigenvalue weighted by Gasteiger charge is -2.11. The van der Waals surface area contributed by atoms with Crippen LogP contribution >= 0.6 is 0 Å². The Morgan fingerprint density at radius 3 is 2.32 bits per heavy atom. The molecule has 0 fully saturated rings. The molecule has 34 heavy (non-hydrogen) atoms. The zero-order chi connectivity index (χ0) is 24.9. The van der Waals surface area contributed by atoms with Gasteiger partial charge in [0.05, 0.1) is 40.7 Å². The molecule has 0 aromatic heterocycles. The Morgan fingerprint density at radius 2 is 1.65 bits per heavy atom. The number of esters is 1. The molecule has 0 bridgehead atoms. The summed E-state index contributed by atoms with van der Waals surface area (Å²) in [5.41, 5.74) is 3.26. The number of hydrazone groups is 1. The van der Waals surface area contributed by atoms with Gasteiger partial charge in [-0.2, -0.15) is 5.10 Å². The number of carbonyl (C=O) groups is 3. The van der Waals surface area contributed by atoms with Crippen LogP contribution in [0.3, 0.4) is 0 Å². The van der Waals surface area contributed by atoms with E-state index in [0.717, 1.165) is 0 Å². The summed E-state index contributed by atoms with van der Waals surface area (Å²) < 4.78 is 25.8. The van der Waals surface area contributed by atoms with E-state index in [4.69, 9.17) is 18.9 Å². The van der Waals surface area contributed by atoms with E-state index in [-0.39, 0.29) is 13.2 Å². The molecule has 2 amide bonds. The SMILES string of the molecule is CCOc1cc(/C=N/NC(=O)CNC(=O)c2ccc(OC)c(OC)c2)ccc1OCC(=O)OC. The number of hydrogen-bond donors (Lipinski definition) is 2. The van der Waals surface area contributed by atoms with Gasteiger partial charge in [0, 0.05) is 5.56 Å². The van der Waals surface area contributed by atoms with E-state index in [0.29, 0.717) is 40.7 Å². The van der Waals surface area contributed by atoms with E-state index in [1.165, 1.54) is 33.6 Å². The summed E-state index contributed by atoms with van der Waals surface area (Å²) >= 11 is 0. The number of hydrogen-bond acceptors (Lipinski definition) is 9. The van der Waals surface area contributed by atoms with Crippen molar-refractivity contribution in [3.63, 3.8) is 0 Å². The molecule has 0 aliphatic carbocycles. The molecule has 11 heteroatoms. The highest BCUT2D eigenvalue weighted by atomic mass is 16.6. The Labute approximate surface area is 197 Å². The van der Waals surface area contributed by atoms with E-state index in [1.54, 1.807) is 37.3 Å². The van der Waals surface area contributed by atoms with Crippen molar-refractivity contribution in [1.29, 1.82) is 0 Å². The first-order valence-electron chi connectivity index (χ1n) is 10.2. The van der Waals surface area contributed by atoms with Crippen molar-refractivity contribution in [2.75, 3.05) is 41.1 Å². The van der Waals surface area contributed by atoms with Crippen LogP contribution in [0.1, 0.15) is 22.8 Å². The van der Waals surface area contributed by atoms with Crippen molar-refractivity contribution < 1.29 is 38.1 Å². The van der Waals surface area contributed by atoms with Crippen molar-refractivity contribution >= 4 is 24.0 Å². The van der Waals surface area contributed by atoms with Gasteiger partial charge in [-0.25, -0.2) is 10.2 Å². The minimum atomic E-state index is -0.520. The quantitative estimate of drug-likeness (QED) is 0.269. The van der Waals surface area contributed by atoms with Crippen molar-refractivity contribution in [2.45, 2.75) is 6.92 Å². The van der Waals surface area contributed by atoms with Crippen LogP contribution < -0.4 is 29.7 Å². The first kappa shape index (κ1) is 26.0. The molecule has 2 aromatic rings. The van der Waals surface area contributed by atoms with Crippen LogP contribution in [0.5, 0.6) is 23.0 Å². The van der Waals surface area contributed by atoms with Gasteiger partial charge in [-0.1, -0.05) is 0 Å². The fourth-order valence-corrected chi connectivity index (χ4v) is 2.65. The van der Waals surface area contributed by atoms with Gasteiger partial charge in [-0.3, -0.25) is 9.59 Å². The number of benzene rings is 2. The van der Waals surface area contributed by atoms with Crippen molar-refractivity contribution in [1.82, 2.24) is 10.7 Å². The number of nitrogens with one attached hydrogen (secondary N) is 2. The van der Waals surface area contributed by atoms with Crippen LogP contribution in [-0.2, 0) is 14.3 Å². The highest BCUT2D eigenvalue weighted by Gasteiger charge is 2.12. The number of carbonyl (C=O) groups excluding carboxylic acids is 3. The Hall–Kier alpha value is -4.28. The second-order valence-corrected chi connectivity index (χ2v) is 6.55. The molecule has 11 nitrogen and oxygen atoms in total. The first-order chi connectivity index (χ1) is 16.4. The summed E-state index contributed by atoms with van der Waals surface area (Å²) in [7, 11) is 4.23. The maximum Gasteiger partial charge on any atom is 0.343 e. The van der Waals surface area contributed by atoms with E-state index in [2.05, 4.69) is 20.6 Å². The van der Waals surface area contributed by atoms with Gasteiger partial charge in [-0.15, -0.1) is 0 Å². The molecule has 2 aromatic carbocycles. The minimum Gasteiger partial charge on any atom is -0.493 e. The van der Waals surface area contributed by atoms with Crippen LogP contribution in [0.4, 0.5) is 0 Å². The van der Waals surface area contributed by atoms with E-state index >= 15 is 0 Å². The van der Waals surface area contributed by atoms with Gasteiger partial charge in [0.15, 0.2) is 29.6 Å². The summed E-state index contributed by atoms with van der Waals surface area (Å²) in [6.45, 7) is 1.65. The molecule has 0 aliphatic rings. The van der Waals surface area contributed by atoms with Gasteiger partial charge in [0.2, 0.25) is 0 Å². The highest BCUT2D eigenvalue weighted by molar-refractivity contribution is 5.97. The summed E-state index contributed by atoms with van der Waals surface area (Å²) in [4.78, 5) is 35.6. The summed E-state index contributed by atoms with van der Waals surface area (Å²) in [5.74, 6) is 0.167. The first-order valence-corrected chi connectivity index (χ1v) is 10.2. The summed E-state index contributed by atoms with van der Waals surface area (Å²) in [6.07, 6.45) is 1.40. The van der Waals surface area contributed by atoms with Crippen LogP contribution in [0, 0.1) is 0 Å². The molecule has 0 unspecified atom stereocenters. The lowest BCUT2D eigenvalue weighted by Crippen LogP contribution is -2.34. The van der Waals surface area contributed by atoms with Crippen molar-refractivity contribution in [3.05, 3.63) is 47.5 Å². The molecule has 0 spiro atoms. The van der Waals surface area contributed by atoms with Crippen molar-refractivity contribution in [3.8, 4) is 23.0 Å². The third-order valence-electron chi connectivity index (χ3n) is 4.30. The molecule has 182 valence electrons. The van der Waals surface area contributed by atoms with Crippen LogP contribution in [0.25, 0.3) is 0 Å². The summed E-state index contributed by atoms with van der Waals surface area (Å²) in [5, 5.41) is 6.38. The molecule has 0 saturated heterocycles. The fraction of sp³-hybridized carbons (Fsp3) is 0.304. The molecule has 0 heterocycles. The number of rotatable bonds is 12. The minimum absolute atomic E-state index is 0.255. The van der Waals surface area contributed by atoms with E-state index in [9.17, 15) is 14.4 Å². The maximum atomic E-state index is 12.3. The predicted octanol–water partition coefficient (Wildman–Crippen LogP) is 1.53. The average molecular weight is 473 g/mol. The molecule has 2 rings (SSSR count). The Bertz CT molecular complexity index is 1040. The Morgan fingerprint density at radius 1 is 0.912 bits per heavy atom. The Balaban J connectivity index is 1.91. The number of ether oxygens (including phenoxy) is 5. The monoisotopic (exact) mass is 473 g/mol. The summed E-state index contributed by atoms with van der Waals surface area (Å²) in [6, 6.07) is 9.59. The second kappa shape index (κ2) is 13.3.